The van der Waals surface area contributed by atoms with Crippen LogP contribution in [0.15, 0.2) is 17.6 Å². The molecular weight excluding hydrogens is 258 g/mol. The highest BCUT2D eigenvalue weighted by Gasteiger charge is 2.06. The lowest BCUT2D eigenvalue weighted by Crippen LogP contribution is -2.22. The molecule has 0 unspecified atom stereocenters. The van der Waals surface area contributed by atoms with Crippen LogP contribution >= 0.6 is 22.9 Å². The predicted octanol–water partition coefficient (Wildman–Crippen LogP) is 1.85. The topological polar surface area (TPSA) is 67.9 Å². The number of anilines is 2. The molecule has 2 heterocycles. The van der Waals surface area contributed by atoms with Gasteiger partial charge < -0.3 is 10.6 Å². The summed E-state index contributed by atoms with van der Waals surface area (Å²) in [6, 6.07) is 1.69. The number of aromatic nitrogens is 3. The lowest BCUT2D eigenvalue weighted by Gasteiger charge is -2.17. The van der Waals surface area contributed by atoms with Crippen molar-refractivity contribution in [1.29, 1.82) is 0 Å². The van der Waals surface area contributed by atoms with Crippen molar-refractivity contribution in [3.63, 3.8) is 0 Å². The van der Waals surface area contributed by atoms with Crippen molar-refractivity contribution in [3.05, 3.63) is 27.8 Å². The van der Waals surface area contributed by atoms with Gasteiger partial charge in [-0.15, -0.1) is 11.3 Å². The molecule has 5 nitrogen and oxygen atoms in total. The number of thiazole rings is 1. The van der Waals surface area contributed by atoms with E-state index in [1.54, 1.807) is 23.6 Å². The molecule has 0 spiro atoms. The number of nitrogens with two attached hydrogens (primary N) is 1. The Kier molecular flexibility index (Phi) is 3.75. The van der Waals surface area contributed by atoms with Crippen LogP contribution in [0.25, 0.3) is 0 Å². The predicted molar refractivity (Wildman–Crippen MR) is 70.5 cm³/mol. The summed E-state index contributed by atoms with van der Waals surface area (Å²) in [5, 5.41) is 3.42. The van der Waals surface area contributed by atoms with Gasteiger partial charge in [0.25, 0.3) is 0 Å². The summed E-state index contributed by atoms with van der Waals surface area (Å²) in [5.74, 6) is 0.910. The van der Waals surface area contributed by atoms with E-state index in [1.165, 1.54) is 0 Å². The molecule has 0 bridgehead atoms. The standard InChI is InChI=1S/C10H12ClN5S/c1-16(4-2-9-13-3-5-17-9)8-6-7(11)14-10(12)15-8/h3,5-6H,2,4H2,1H3,(H2,12,14,15). The van der Waals surface area contributed by atoms with Crippen molar-refractivity contribution in [1.82, 2.24) is 15.0 Å². The number of halogens is 1. The fourth-order valence-electron chi connectivity index (χ4n) is 1.37. The van der Waals surface area contributed by atoms with Crippen LogP contribution in [0.3, 0.4) is 0 Å². The quantitative estimate of drug-likeness (QED) is 0.858. The van der Waals surface area contributed by atoms with Gasteiger partial charge in [-0.05, 0) is 0 Å². The van der Waals surface area contributed by atoms with E-state index < -0.39 is 0 Å². The Morgan fingerprint density at radius 3 is 2.94 bits per heavy atom. The first-order valence-corrected chi connectivity index (χ1v) is 6.30. The molecule has 0 aromatic carbocycles. The Bertz CT molecular complexity index is 467. The minimum atomic E-state index is 0.189. The van der Waals surface area contributed by atoms with E-state index in [0.717, 1.165) is 23.8 Å². The smallest absolute Gasteiger partial charge is 0.223 e. The second kappa shape index (κ2) is 5.29. The Labute approximate surface area is 108 Å². The minimum absolute atomic E-state index is 0.189. The van der Waals surface area contributed by atoms with Gasteiger partial charge >= 0.3 is 0 Å². The lowest BCUT2D eigenvalue weighted by atomic mass is 10.4. The van der Waals surface area contributed by atoms with E-state index in [-0.39, 0.29) is 5.95 Å². The first kappa shape index (κ1) is 12.1. The number of hydrogen-bond acceptors (Lipinski definition) is 6. The second-order valence-electron chi connectivity index (χ2n) is 3.50. The molecule has 2 aromatic rings. The Morgan fingerprint density at radius 2 is 2.29 bits per heavy atom. The molecule has 0 atom stereocenters. The highest BCUT2D eigenvalue weighted by atomic mass is 35.5. The van der Waals surface area contributed by atoms with Crippen LogP contribution in [-0.2, 0) is 6.42 Å². The maximum Gasteiger partial charge on any atom is 0.223 e. The van der Waals surface area contributed by atoms with Crippen LogP contribution in [0.2, 0.25) is 5.15 Å². The van der Waals surface area contributed by atoms with Crippen molar-refractivity contribution < 1.29 is 0 Å². The van der Waals surface area contributed by atoms with E-state index in [1.807, 2.05) is 17.3 Å². The van der Waals surface area contributed by atoms with Crippen molar-refractivity contribution in [2.45, 2.75) is 6.42 Å². The largest absolute Gasteiger partial charge is 0.368 e. The van der Waals surface area contributed by atoms with Crippen molar-refractivity contribution >= 4 is 34.7 Å². The normalized spacial score (nSPS) is 10.5. The SMILES string of the molecule is CN(CCc1nccs1)c1cc(Cl)nc(N)n1. The van der Waals surface area contributed by atoms with Crippen LogP contribution < -0.4 is 10.6 Å². The average Bonchev–Trinajstić information content (AvgIpc) is 2.77. The first-order chi connectivity index (χ1) is 8.15. The van der Waals surface area contributed by atoms with Crippen molar-refractivity contribution in [3.8, 4) is 0 Å². The van der Waals surface area contributed by atoms with Gasteiger partial charge in [0.1, 0.15) is 11.0 Å². The Morgan fingerprint density at radius 1 is 1.47 bits per heavy atom. The summed E-state index contributed by atoms with van der Waals surface area (Å²) >= 11 is 7.47. The minimum Gasteiger partial charge on any atom is -0.368 e. The third-order valence-electron chi connectivity index (χ3n) is 2.23. The van der Waals surface area contributed by atoms with Crippen LogP contribution in [0, 0.1) is 0 Å². The maximum absolute atomic E-state index is 5.83. The highest BCUT2D eigenvalue weighted by molar-refractivity contribution is 7.09. The first-order valence-electron chi connectivity index (χ1n) is 5.05. The molecule has 0 fully saturated rings. The summed E-state index contributed by atoms with van der Waals surface area (Å²) in [5.41, 5.74) is 5.54. The number of hydrogen-bond donors (Lipinski definition) is 1. The molecule has 0 aliphatic rings. The Hall–Kier alpha value is -1.40. The summed E-state index contributed by atoms with van der Waals surface area (Å²) in [6.07, 6.45) is 2.68. The zero-order chi connectivity index (χ0) is 12.3. The van der Waals surface area contributed by atoms with E-state index in [2.05, 4.69) is 15.0 Å². The molecule has 90 valence electrons. The number of likely N-dealkylation sites (N-methyl/N-ethyl adjacent to an activating group) is 1. The molecule has 2 rings (SSSR count). The molecule has 0 aliphatic heterocycles. The van der Waals surface area contributed by atoms with Crippen LogP contribution in [0.1, 0.15) is 5.01 Å². The molecule has 0 saturated heterocycles. The van der Waals surface area contributed by atoms with Gasteiger partial charge in [-0.25, -0.2) is 9.97 Å². The molecule has 2 N–H and O–H groups in total. The van der Waals surface area contributed by atoms with Gasteiger partial charge in [0.15, 0.2) is 0 Å². The van der Waals surface area contributed by atoms with Gasteiger partial charge in [-0.1, -0.05) is 11.6 Å². The van der Waals surface area contributed by atoms with Gasteiger partial charge in [0.05, 0.1) is 5.01 Å². The highest BCUT2D eigenvalue weighted by Crippen LogP contribution is 2.16. The third kappa shape index (κ3) is 3.28. The van der Waals surface area contributed by atoms with Gasteiger partial charge in [0.2, 0.25) is 5.95 Å². The molecule has 0 aliphatic carbocycles. The molecule has 2 aromatic heterocycles. The summed E-state index contributed by atoms with van der Waals surface area (Å²) in [4.78, 5) is 14.1. The summed E-state index contributed by atoms with van der Waals surface area (Å²) < 4.78 is 0. The molecule has 7 heteroatoms. The van der Waals surface area contributed by atoms with Gasteiger partial charge in [0, 0.05) is 37.7 Å². The fraction of sp³-hybridized carbons (Fsp3) is 0.300. The average molecular weight is 270 g/mol. The molecule has 0 amide bonds. The molecule has 0 radical (unpaired) electrons. The number of nitrogens with zero attached hydrogens (tertiary/aromatic N) is 4. The second-order valence-corrected chi connectivity index (χ2v) is 4.87. The van der Waals surface area contributed by atoms with Gasteiger partial charge in [-0.3, -0.25) is 0 Å². The molecule has 0 saturated carbocycles. The molecule has 17 heavy (non-hydrogen) atoms. The summed E-state index contributed by atoms with van der Waals surface area (Å²) in [7, 11) is 1.94. The van der Waals surface area contributed by atoms with Gasteiger partial charge in [-0.2, -0.15) is 4.98 Å². The van der Waals surface area contributed by atoms with Crippen LogP contribution in [0.4, 0.5) is 11.8 Å². The van der Waals surface area contributed by atoms with E-state index in [0.29, 0.717) is 5.15 Å². The van der Waals surface area contributed by atoms with Crippen LogP contribution in [0.5, 0.6) is 0 Å². The van der Waals surface area contributed by atoms with E-state index >= 15 is 0 Å². The van der Waals surface area contributed by atoms with E-state index in [9.17, 15) is 0 Å². The monoisotopic (exact) mass is 269 g/mol. The van der Waals surface area contributed by atoms with Crippen LogP contribution in [-0.4, -0.2) is 28.5 Å². The third-order valence-corrected chi connectivity index (χ3v) is 3.27. The lowest BCUT2D eigenvalue weighted by molar-refractivity contribution is 0.851. The maximum atomic E-state index is 5.83. The molecular formula is C10H12ClN5S. The van der Waals surface area contributed by atoms with Crippen molar-refractivity contribution in [2.75, 3.05) is 24.2 Å². The van der Waals surface area contributed by atoms with E-state index in [4.69, 9.17) is 17.3 Å². The fourth-order valence-corrected chi connectivity index (χ4v) is 2.17. The zero-order valence-electron chi connectivity index (χ0n) is 9.30. The number of rotatable bonds is 4. The summed E-state index contributed by atoms with van der Waals surface area (Å²) in [6.45, 7) is 0.806. The van der Waals surface area contributed by atoms with Crippen molar-refractivity contribution in [2.24, 2.45) is 0 Å². The Balaban J connectivity index is 2.01. The zero-order valence-corrected chi connectivity index (χ0v) is 10.9. The number of nitrogen functional groups attached to an aromatic ring is 1.